The number of aromatic nitrogens is 1. The van der Waals surface area contributed by atoms with Crippen LogP contribution >= 0.6 is 0 Å². The van der Waals surface area contributed by atoms with Gasteiger partial charge in [-0.1, -0.05) is 19.8 Å². The van der Waals surface area contributed by atoms with Crippen LogP contribution in [0.25, 0.3) is 0 Å². The SMILES string of the molecule is CC1CCCC1C(N)c1cnccc1C(F)(F)F. The third-order valence-corrected chi connectivity index (χ3v) is 3.91. The predicted octanol–water partition coefficient (Wildman–Crippen LogP) is 3.54. The van der Waals surface area contributed by atoms with Crippen molar-refractivity contribution < 1.29 is 13.2 Å². The fourth-order valence-electron chi connectivity index (χ4n) is 2.87. The van der Waals surface area contributed by atoms with Crippen LogP contribution in [0.15, 0.2) is 18.5 Å². The molecule has 1 saturated carbocycles. The summed E-state index contributed by atoms with van der Waals surface area (Å²) in [6, 6.07) is 0.433. The Labute approximate surface area is 104 Å². The van der Waals surface area contributed by atoms with Crippen molar-refractivity contribution in [3.8, 4) is 0 Å². The molecule has 3 atom stereocenters. The van der Waals surface area contributed by atoms with Crippen molar-refractivity contribution in [3.05, 3.63) is 29.6 Å². The molecule has 2 nitrogen and oxygen atoms in total. The van der Waals surface area contributed by atoms with E-state index in [-0.39, 0.29) is 11.5 Å². The van der Waals surface area contributed by atoms with E-state index in [9.17, 15) is 13.2 Å². The lowest BCUT2D eigenvalue weighted by molar-refractivity contribution is -0.138. The maximum atomic E-state index is 12.9. The molecule has 2 N–H and O–H groups in total. The normalized spacial score (nSPS) is 26.3. The number of nitrogens with two attached hydrogens (primary N) is 1. The van der Waals surface area contributed by atoms with E-state index in [2.05, 4.69) is 11.9 Å². The van der Waals surface area contributed by atoms with Crippen LogP contribution in [-0.2, 0) is 6.18 Å². The first-order chi connectivity index (χ1) is 8.41. The number of pyridine rings is 1. The van der Waals surface area contributed by atoms with Crippen LogP contribution in [0.1, 0.15) is 43.4 Å². The second kappa shape index (κ2) is 4.88. The van der Waals surface area contributed by atoms with Gasteiger partial charge in [-0.15, -0.1) is 0 Å². The van der Waals surface area contributed by atoms with Gasteiger partial charge in [0.25, 0.3) is 0 Å². The Morgan fingerprint density at radius 2 is 2.11 bits per heavy atom. The van der Waals surface area contributed by atoms with Gasteiger partial charge in [0.1, 0.15) is 0 Å². The Hall–Kier alpha value is -1.10. The van der Waals surface area contributed by atoms with E-state index < -0.39 is 17.8 Å². The Balaban J connectivity index is 2.33. The topological polar surface area (TPSA) is 38.9 Å². The molecule has 0 spiro atoms. The molecule has 1 aromatic heterocycles. The average Bonchev–Trinajstić information content (AvgIpc) is 2.73. The van der Waals surface area contributed by atoms with Crippen LogP contribution in [0.3, 0.4) is 0 Å². The van der Waals surface area contributed by atoms with E-state index in [0.717, 1.165) is 31.5 Å². The number of hydrogen-bond acceptors (Lipinski definition) is 2. The molecule has 1 heterocycles. The molecular weight excluding hydrogens is 241 g/mol. The summed E-state index contributed by atoms with van der Waals surface area (Å²) in [6.07, 6.45) is 1.04. The minimum atomic E-state index is -4.36. The number of alkyl halides is 3. The van der Waals surface area contributed by atoms with E-state index in [1.807, 2.05) is 0 Å². The summed E-state index contributed by atoms with van der Waals surface area (Å²) >= 11 is 0. The second-order valence-corrected chi connectivity index (χ2v) is 5.06. The van der Waals surface area contributed by atoms with Gasteiger partial charge in [-0.3, -0.25) is 4.98 Å². The van der Waals surface area contributed by atoms with Crippen molar-refractivity contribution in [2.45, 2.75) is 38.4 Å². The van der Waals surface area contributed by atoms with Crippen molar-refractivity contribution in [2.24, 2.45) is 17.6 Å². The standard InChI is InChI=1S/C13H17F3N2/c1-8-3-2-4-9(8)12(17)10-7-18-6-5-11(10)13(14,15)16/h5-9,12H,2-4,17H2,1H3. The first-order valence-corrected chi connectivity index (χ1v) is 6.18. The molecule has 0 radical (unpaired) electrons. The molecule has 1 aliphatic carbocycles. The molecule has 0 aromatic carbocycles. The molecule has 0 aliphatic heterocycles. The van der Waals surface area contributed by atoms with E-state index in [0.29, 0.717) is 5.92 Å². The van der Waals surface area contributed by atoms with Crippen LogP contribution in [-0.4, -0.2) is 4.98 Å². The Morgan fingerprint density at radius 3 is 2.67 bits per heavy atom. The van der Waals surface area contributed by atoms with E-state index in [1.54, 1.807) is 0 Å². The van der Waals surface area contributed by atoms with Crippen LogP contribution in [0, 0.1) is 11.8 Å². The lowest BCUT2D eigenvalue weighted by atomic mass is 9.85. The molecule has 0 amide bonds. The fourth-order valence-corrected chi connectivity index (χ4v) is 2.87. The van der Waals surface area contributed by atoms with Crippen LogP contribution in [0.4, 0.5) is 13.2 Å². The summed E-state index contributed by atoms with van der Waals surface area (Å²) in [6.45, 7) is 2.06. The van der Waals surface area contributed by atoms with Gasteiger partial charge in [-0.25, -0.2) is 0 Å². The first-order valence-electron chi connectivity index (χ1n) is 6.18. The Morgan fingerprint density at radius 1 is 1.39 bits per heavy atom. The molecule has 100 valence electrons. The number of hydrogen-bond donors (Lipinski definition) is 1. The molecule has 0 saturated heterocycles. The summed E-state index contributed by atoms with van der Waals surface area (Å²) in [5.74, 6) is 0.497. The molecule has 1 aromatic rings. The third-order valence-electron chi connectivity index (χ3n) is 3.91. The van der Waals surface area contributed by atoms with E-state index in [4.69, 9.17) is 5.73 Å². The number of rotatable bonds is 2. The minimum absolute atomic E-state index is 0.121. The monoisotopic (exact) mass is 258 g/mol. The highest BCUT2D eigenvalue weighted by molar-refractivity contribution is 5.29. The Bertz CT molecular complexity index is 417. The summed E-state index contributed by atoms with van der Waals surface area (Å²) < 4.78 is 38.7. The van der Waals surface area contributed by atoms with Gasteiger partial charge >= 0.3 is 6.18 Å². The highest BCUT2D eigenvalue weighted by Crippen LogP contribution is 2.42. The smallest absolute Gasteiger partial charge is 0.324 e. The molecule has 1 fully saturated rings. The van der Waals surface area contributed by atoms with Crippen LogP contribution in [0.5, 0.6) is 0 Å². The summed E-state index contributed by atoms with van der Waals surface area (Å²) in [5, 5.41) is 0. The van der Waals surface area contributed by atoms with Crippen LogP contribution < -0.4 is 5.73 Å². The van der Waals surface area contributed by atoms with Crippen molar-refractivity contribution in [1.82, 2.24) is 4.98 Å². The van der Waals surface area contributed by atoms with Crippen molar-refractivity contribution in [3.63, 3.8) is 0 Å². The molecule has 3 unspecified atom stereocenters. The quantitative estimate of drug-likeness (QED) is 0.881. The molecule has 5 heteroatoms. The van der Waals surface area contributed by atoms with E-state index >= 15 is 0 Å². The van der Waals surface area contributed by atoms with E-state index in [1.165, 1.54) is 6.20 Å². The highest BCUT2D eigenvalue weighted by Gasteiger charge is 2.38. The van der Waals surface area contributed by atoms with Gasteiger partial charge in [-0.05, 0) is 29.9 Å². The van der Waals surface area contributed by atoms with Crippen LogP contribution in [0.2, 0.25) is 0 Å². The van der Waals surface area contributed by atoms with Gasteiger partial charge in [0.15, 0.2) is 0 Å². The maximum Gasteiger partial charge on any atom is 0.416 e. The molecule has 18 heavy (non-hydrogen) atoms. The van der Waals surface area contributed by atoms with Gasteiger partial charge in [-0.2, -0.15) is 13.2 Å². The minimum Gasteiger partial charge on any atom is -0.324 e. The van der Waals surface area contributed by atoms with Gasteiger partial charge in [0.2, 0.25) is 0 Å². The summed E-state index contributed by atoms with van der Waals surface area (Å²) in [4.78, 5) is 3.80. The number of halogens is 3. The largest absolute Gasteiger partial charge is 0.416 e. The summed E-state index contributed by atoms with van der Waals surface area (Å²) in [7, 11) is 0. The maximum absolute atomic E-state index is 12.9. The van der Waals surface area contributed by atoms with Crippen molar-refractivity contribution >= 4 is 0 Å². The highest BCUT2D eigenvalue weighted by atomic mass is 19.4. The number of nitrogens with zero attached hydrogens (tertiary/aromatic N) is 1. The average molecular weight is 258 g/mol. The molecule has 1 aliphatic rings. The first kappa shape index (κ1) is 13.3. The molecule has 0 bridgehead atoms. The second-order valence-electron chi connectivity index (χ2n) is 5.06. The van der Waals surface area contributed by atoms with Gasteiger partial charge in [0.05, 0.1) is 5.56 Å². The van der Waals surface area contributed by atoms with Crippen molar-refractivity contribution in [2.75, 3.05) is 0 Å². The zero-order valence-corrected chi connectivity index (χ0v) is 10.2. The van der Waals surface area contributed by atoms with Gasteiger partial charge in [0, 0.05) is 18.4 Å². The Kier molecular flexibility index (Phi) is 3.61. The lowest BCUT2D eigenvalue weighted by Crippen LogP contribution is -2.26. The zero-order valence-electron chi connectivity index (χ0n) is 10.2. The summed E-state index contributed by atoms with van der Waals surface area (Å²) in [5.41, 5.74) is 5.53. The van der Waals surface area contributed by atoms with Crippen molar-refractivity contribution in [1.29, 1.82) is 0 Å². The fraction of sp³-hybridized carbons (Fsp3) is 0.615. The molecular formula is C13H17F3N2. The lowest BCUT2D eigenvalue weighted by Gasteiger charge is -2.25. The van der Waals surface area contributed by atoms with Gasteiger partial charge < -0.3 is 5.73 Å². The molecule has 2 rings (SSSR count). The predicted molar refractivity (Wildman–Crippen MR) is 62.7 cm³/mol. The zero-order chi connectivity index (χ0) is 13.3. The third kappa shape index (κ3) is 2.51.